The molecule has 1 aromatic carbocycles. The van der Waals surface area contributed by atoms with Crippen LogP contribution in [0.2, 0.25) is 5.02 Å². The second kappa shape index (κ2) is 9.74. The fourth-order valence-electron chi connectivity index (χ4n) is 2.28. The average Bonchev–Trinajstić information content (AvgIpc) is 2.47. The van der Waals surface area contributed by atoms with Gasteiger partial charge in [0.25, 0.3) is 0 Å². The molecule has 0 atom stereocenters. The van der Waals surface area contributed by atoms with Crippen LogP contribution in [0.3, 0.4) is 0 Å². The van der Waals surface area contributed by atoms with Gasteiger partial charge in [-0.1, -0.05) is 29.8 Å². The molecule has 0 bridgehead atoms. The molecule has 1 N–H and O–H groups in total. The molecule has 4 nitrogen and oxygen atoms in total. The van der Waals surface area contributed by atoms with Crippen LogP contribution >= 0.6 is 11.6 Å². The van der Waals surface area contributed by atoms with Crippen LogP contribution in [0.15, 0.2) is 29.3 Å². The highest BCUT2D eigenvalue weighted by atomic mass is 35.5. The molecule has 1 aromatic rings. The molecule has 0 radical (unpaired) electrons. The van der Waals surface area contributed by atoms with Gasteiger partial charge < -0.3 is 10.2 Å². The Morgan fingerprint density at radius 3 is 2.50 bits per heavy atom. The molecule has 136 valence electrons. The van der Waals surface area contributed by atoms with Crippen molar-refractivity contribution in [2.75, 3.05) is 40.8 Å². The molecule has 24 heavy (non-hydrogen) atoms. The fourth-order valence-corrected chi connectivity index (χ4v) is 2.47. The largest absolute Gasteiger partial charge is 0.401 e. The van der Waals surface area contributed by atoms with Crippen LogP contribution in [-0.4, -0.2) is 62.7 Å². The Morgan fingerprint density at radius 2 is 1.92 bits per heavy atom. The predicted octanol–water partition coefficient (Wildman–Crippen LogP) is 3.23. The van der Waals surface area contributed by atoms with Crippen LogP contribution in [0.5, 0.6) is 0 Å². The Labute approximate surface area is 146 Å². The van der Waals surface area contributed by atoms with E-state index in [1.807, 2.05) is 36.2 Å². The van der Waals surface area contributed by atoms with Crippen molar-refractivity contribution in [3.63, 3.8) is 0 Å². The van der Waals surface area contributed by atoms with Gasteiger partial charge in [0.1, 0.15) is 0 Å². The zero-order valence-electron chi connectivity index (χ0n) is 14.2. The molecular weight excluding hydrogens is 341 g/mol. The molecule has 8 heteroatoms. The third-order valence-corrected chi connectivity index (χ3v) is 3.76. The minimum atomic E-state index is -4.16. The molecule has 0 saturated heterocycles. The third-order valence-electron chi connectivity index (χ3n) is 3.39. The summed E-state index contributed by atoms with van der Waals surface area (Å²) in [6.45, 7) is 0.598. The Bertz CT molecular complexity index is 534. The summed E-state index contributed by atoms with van der Waals surface area (Å²) in [4.78, 5) is 7.36. The van der Waals surface area contributed by atoms with E-state index in [4.69, 9.17) is 11.6 Å². The predicted molar refractivity (Wildman–Crippen MR) is 92.4 cm³/mol. The summed E-state index contributed by atoms with van der Waals surface area (Å²) in [5.41, 5.74) is 0.981. The maximum absolute atomic E-state index is 12.2. The highest BCUT2D eigenvalue weighted by Crippen LogP contribution is 2.16. The lowest BCUT2D eigenvalue weighted by atomic mass is 10.2. The van der Waals surface area contributed by atoms with E-state index >= 15 is 0 Å². The van der Waals surface area contributed by atoms with Gasteiger partial charge in [0.2, 0.25) is 0 Å². The second-order valence-electron chi connectivity index (χ2n) is 5.63. The molecule has 0 aliphatic carbocycles. The molecule has 0 aliphatic heterocycles. The smallest absolute Gasteiger partial charge is 0.356 e. The molecular formula is C16H24ClF3N4. The van der Waals surface area contributed by atoms with E-state index in [1.165, 1.54) is 11.9 Å². The molecule has 0 heterocycles. The summed E-state index contributed by atoms with van der Waals surface area (Å²) in [6.07, 6.45) is -3.57. The van der Waals surface area contributed by atoms with E-state index < -0.39 is 12.7 Å². The van der Waals surface area contributed by atoms with Gasteiger partial charge in [0.05, 0.1) is 6.54 Å². The first-order valence-corrected chi connectivity index (χ1v) is 8.01. The minimum absolute atomic E-state index is 0.359. The fraction of sp³-hybridized carbons (Fsp3) is 0.562. The number of hydrogen-bond acceptors (Lipinski definition) is 2. The van der Waals surface area contributed by atoms with Crippen molar-refractivity contribution in [2.45, 2.75) is 19.1 Å². The van der Waals surface area contributed by atoms with Crippen molar-refractivity contribution in [1.82, 2.24) is 15.1 Å². The van der Waals surface area contributed by atoms with Crippen molar-refractivity contribution < 1.29 is 13.2 Å². The SMILES string of the molecule is CN=C(NCCCN(C)CC(F)(F)F)N(C)Cc1ccccc1Cl. The number of benzene rings is 1. The number of aliphatic imine (C=N–C) groups is 1. The van der Waals surface area contributed by atoms with Gasteiger partial charge in [0, 0.05) is 32.2 Å². The highest BCUT2D eigenvalue weighted by molar-refractivity contribution is 6.31. The number of halogens is 4. The Kier molecular flexibility index (Phi) is 8.35. The van der Waals surface area contributed by atoms with E-state index in [9.17, 15) is 13.2 Å². The summed E-state index contributed by atoms with van der Waals surface area (Å²) >= 11 is 6.15. The van der Waals surface area contributed by atoms with Gasteiger partial charge >= 0.3 is 6.18 Å². The number of rotatable bonds is 7. The third kappa shape index (κ3) is 7.88. The zero-order chi connectivity index (χ0) is 18.2. The van der Waals surface area contributed by atoms with Crippen molar-refractivity contribution in [1.29, 1.82) is 0 Å². The monoisotopic (exact) mass is 364 g/mol. The van der Waals surface area contributed by atoms with Crippen LogP contribution in [0.1, 0.15) is 12.0 Å². The molecule has 1 rings (SSSR count). The van der Waals surface area contributed by atoms with Crippen LogP contribution in [0, 0.1) is 0 Å². The molecule has 0 spiro atoms. The number of nitrogens with one attached hydrogen (secondary N) is 1. The van der Waals surface area contributed by atoms with Gasteiger partial charge in [-0.25, -0.2) is 0 Å². The van der Waals surface area contributed by atoms with E-state index in [0.29, 0.717) is 37.0 Å². The standard InChI is InChI=1S/C16H24ClF3N4/c1-21-15(22-9-6-10-23(2)12-16(18,19)20)24(3)11-13-7-4-5-8-14(13)17/h4-5,7-8H,6,9-12H2,1-3H3,(H,21,22). The molecule has 0 aliphatic rings. The van der Waals surface area contributed by atoms with Crippen LogP contribution in [0.25, 0.3) is 0 Å². The highest BCUT2D eigenvalue weighted by Gasteiger charge is 2.28. The van der Waals surface area contributed by atoms with E-state index in [-0.39, 0.29) is 0 Å². The summed E-state index contributed by atoms with van der Waals surface area (Å²) < 4.78 is 36.7. The maximum Gasteiger partial charge on any atom is 0.401 e. The van der Waals surface area contributed by atoms with Crippen LogP contribution in [-0.2, 0) is 6.54 Å². The van der Waals surface area contributed by atoms with Gasteiger partial charge in [0.15, 0.2) is 5.96 Å². The van der Waals surface area contributed by atoms with Gasteiger partial charge in [-0.2, -0.15) is 13.2 Å². The van der Waals surface area contributed by atoms with Crippen LogP contribution < -0.4 is 5.32 Å². The summed E-state index contributed by atoms with van der Waals surface area (Å²) in [5, 5.41) is 3.84. The van der Waals surface area contributed by atoms with E-state index in [0.717, 1.165) is 5.56 Å². The summed E-state index contributed by atoms with van der Waals surface area (Å²) in [7, 11) is 5.02. The number of nitrogens with zero attached hydrogens (tertiary/aromatic N) is 3. The molecule has 0 saturated carbocycles. The first-order valence-electron chi connectivity index (χ1n) is 7.63. The van der Waals surface area contributed by atoms with Crippen molar-refractivity contribution in [3.8, 4) is 0 Å². The number of hydrogen-bond donors (Lipinski definition) is 1. The van der Waals surface area contributed by atoms with Crippen molar-refractivity contribution in [2.24, 2.45) is 4.99 Å². The Hall–Kier alpha value is -1.47. The zero-order valence-corrected chi connectivity index (χ0v) is 15.0. The van der Waals surface area contributed by atoms with Gasteiger partial charge in [-0.05, 0) is 31.6 Å². The van der Waals surface area contributed by atoms with Crippen molar-refractivity contribution >= 4 is 17.6 Å². The quantitative estimate of drug-likeness (QED) is 0.458. The molecule has 0 unspecified atom stereocenters. The first-order chi connectivity index (χ1) is 11.2. The maximum atomic E-state index is 12.2. The van der Waals surface area contributed by atoms with E-state index in [1.54, 1.807) is 7.05 Å². The number of alkyl halides is 3. The average molecular weight is 365 g/mol. The lowest BCUT2D eigenvalue weighted by Crippen LogP contribution is -2.40. The number of guanidine groups is 1. The molecule has 0 amide bonds. The van der Waals surface area contributed by atoms with Crippen molar-refractivity contribution in [3.05, 3.63) is 34.9 Å². The van der Waals surface area contributed by atoms with E-state index in [2.05, 4.69) is 10.3 Å². The topological polar surface area (TPSA) is 30.9 Å². The van der Waals surface area contributed by atoms with Crippen LogP contribution in [0.4, 0.5) is 13.2 Å². The lowest BCUT2D eigenvalue weighted by Gasteiger charge is -2.23. The minimum Gasteiger partial charge on any atom is -0.356 e. The Balaban J connectivity index is 2.38. The normalized spacial score (nSPS) is 12.6. The summed E-state index contributed by atoms with van der Waals surface area (Å²) in [6, 6.07) is 7.56. The van der Waals surface area contributed by atoms with Gasteiger partial charge in [-0.15, -0.1) is 0 Å². The molecule has 0 aromatic heterocycles. The lowest BCUT2D eigenvalue weighted by molar-refractivity contribution is -0.143. The molecule has 0 fully saturated rings. The summed E-state index contributed by atoms with van der Waals surface area (Å²) in [5.74, 6) is 0.674. The van der Waals surface area contributed by atoms with Gasteiger partial charge in [-0.3, -0.25) is 9.89 Å². The first kappa shape index (κ1) is 20.6. The Morgan fingerprint density at radius 1 is 1.25 bits per heavy atom. The second-order valence-corrected chi connectivity index (χ2v) is 6.04.